The lowest BCUT2D eigenvalue weighted by molar-refractivity contribution is -0.123. The van der Waals surface area contributed by atoms with Crippen LogP contribution in [0.2, 0.25) is 0 Å². The number of hydrogen-bond donors (Lipinski definition) is 3. The van der Waals surface area contributed by atoms with E-state index in [-0.39, 0.29) is 12.2 Å². The minimum absolute atomic E-state index is 0.224. The Bertz CT molecular complexity index is 1110. The molecule has 3 aromatic rings. The first-order chi connectivity index (χ1) is 14.9. The van der Waals surface area contributed by atoms with Crippen LogP contribution in [-0.4, -0.2) is 28.1 Å². The van der Waals surface area contributed by atoms with Gasteiger partial charge in [-0.05, 0) is 47.9 Å². The molecule has 0 bridgehead atoms. The van der Waals surface area contributed by atoms with E-state index in [0.29, 0.717) is 16.9 Å². The fourth-order valence-corrected chi connectivity index (χ4v) is 4.07. The number of nitrogens with zero attached hydrogens (tertiary/aromatic N) is 1. The third kappa shape index (κ3) is 4.38. The molecule has 0 saturated heterocycles. The van der Waals surface area contributed by atoms with Crippen molar-refractivity contribution in [1.82, 2.24) is 0 Å². The summed E-state index contributed by atoms with van der Waals surface area (Å²) in [7, 11) is 0. The summed E-state index contributed by atoms with van der Waals surface area (Å²) >= 11 is 0. The SMILES string of the molecule is CC1C(O)C(=O)C=C(CC(O)c2cccc(N)c2)N1c1cccc(-c2ccccc2)c1. The third-order valence-corrected chi connectivity index (χ3v) is 5.70. The molecule has 4 N–H and O–H groups in total. The van der Waals surface area contributed by atoms with Gasteiger partial charge in [-0.15, -0.1) is 0 Å². The van der Waals surface area contributed by atoms with Crippen molar-refractivity contribution in [3.05, 3.63) is 96.2 Å². The first-order valence-corrected chi connectivity index (χ1v) is 10.3. The van der Waals surface area contributed by atoms with E-state index in [2.05, 4.69) is 0 Å². The second-order valence-corrected chi connectivity index (χ2v) is 7.90. The van der Waals surface area contributed by atoms with Gasteiger partial charge in [-0.2, -0.15) is 0 Å². The van der Waals surface area contributed by atoms with Gasteiger partial charge in [0.1, 0.15) is 6.10 Å². The minimum atomic E-state index is -1.13. The Morgan fingerprint density at radius 2 is 1.68 bits per heavy atom. The molecule has 31 heavy (non-hydrogen) atoms. The fraction of sp³-hybridized carbons (Fsp3) is 0.192. The molecular formula is C26H26N2O3. The lowest BCUT2D eigenvalue weighted by Crippen LogP contribution is -2.48. The van der Waals surface area contributed by atoms with Crippen molar-refractivity contribution in [2.75, 3.05) is 10.6 Å². The summed E-state index contributed by atoms with van der Waals surface area (Å²) in [4.78, 5) is 14.3. The number of aliphatic hydroxyl groups is 2. The molecule has 1 heterocycles. The maximum Gasteiger partial charge on any atom is 0.187 e. The summed E-state index contributed by atoms with van der Waals surface area (Å²) in [6, 6.07) is 24.6. The topological polar surface area (TPSA) is 86.8 Å². The van der Waals surface area contributed by atoms with E-state index >= 15 is 0 Å². The molecule has 0 aromatic heterocycles. The first kappa shape index (κ1) is 20.8. The van der Waals surface area contributed by atoms with E-state index in [1.165, 1.54) is 6.08 Å². The molecule has 0 radical (unpaired) electrons. The Morgan fingerprint density at radius 1 is 0.968 bits per heavy atom. The number of carbonyl (C=O) groups excluding carboxylic acids is 1. The van der Waals surface area contributed by atoms with Crippen LogP contribution in [0.15, 0.2) is 90.6 Å². The zero-order valence-corrected chi connectivity index (χ0v) is 17.3. The number of carbonyl (C=O) groups is 1. The monoisotopic (exact) mass is 414 g/mol. The number of hydrogen-bond acceptors (Lipinski definition) is 5. The maximum atomic E-state index is 12.4. The molecule has 0 saturated carbocycles. The molecule has 4 rings (SSSR count). The van der Waals surface area contributed by atoms with Gasteiger partial charge in [-0.25, -0.2) is 0 Å². The molecule has 5 nitrogen and oxygen atoms in total. The van der Waals surface area contributed by atoms with Crippen LogP contribution in [0.4, 0.5) is 11.4 Å². The summed E-state index contributed by atoms with van der Waals surface area (Å²) < 4.78 is 0. The summed E-state index contributed by atoms with van der Waals surface area (Å²) in [5.41, 5.74) is 10.7. The Morgan fingerprint density at radius 3 is 2.42 bits per heavy atom. The molecule has 0 aliphatic carbocycles. The normalized spacial score (nSPS) is 19.8. The van der Waals surface area contributed by atoms with Gasteiger partial charge in [-0.3, -0.25) is 4.79 Å². The Kier molecular flexibility index (Phi) is 5.89. The van der Waals surface area contributed by atoms with Crippen LogP contribution in [0.3, 0.4) is 0 Å². The molecule has 1 aliphatic heterocycles. The number of nitrogen functional groups attached to an aromatic ring is 1. The number of aliphatic hydroxyl groups excluding tert-OH is 2. The first-order valence-electron chi connectivity index (χ1n) is 10.3. The van der Waals surface area contributed by atoms with E-state index in [1.807, 2.05) is 72.5 Å². The average Bonchev–Trinajstić information content (AvgIpc) is 2.78. The number of anilines is 2. The Balaban J connectivity index is 1.70. The highest BCUT2D eigenvalue weighted by Gasteiger charge is 2.35. The number of ketones is 1. The van der Waals surface area contributed by atoms with Gasteiger partial charge in [0.15, 0.2) is 5.78 Å². The van der Waals surface area contributed by atoms with E-state index in [4.69, 9.17) is 5.73 Å². The van der Waals surface area contributed by atoms with Gasteiger partial charge in [0.05, 0.1) is 12.1 Å². The van der Waals surface area contributed by atoms with Crippen molar-refractivity contribution >= 4 is 17.2 Å². The Labute approximate surface area is 182 Å². The van der Waals surface area contributed by atoms with E-state index in [9.17, 15) is 15.0 Å². The molecule has 0 fully saturated rings. The molecular weight excluding hydrogens is 388 g/mol. The van der Waals surface area contributed by atoms with Crippen molar-refractivity contribution in [2.45, 2.75) is 31.6 Å². The lowest BCUT2D eigenvalue weighted by Gasteiger charge is -2.39. The minimum Gasteiger partial charge on any atom is -0.399 e. The summed E-state index contributed by atoms with van der Waals surface area (Å²) in [5, 5.41) is 21.3. The van der Waals surface area contributed by atoms with Gasteiger partial charge in [0.25, 0.3) is 0 Å². The molecule has 0 amide bonds. The summed E-state index contributed by atoms with van der Waals surface area (Å²) in [5.74, 6) is -0.349. The van der Waals surface area contributed by atoms with Crippen LogP contribution in [0, 0.1) is 0 Å². The van der Waals surface area contributed by atoms with Crippen LogP contribution in [0.25, 0.3) is 11.1 Å². The second kappa shape index (κ2) is 8.76. The average molecular weight is 415 g/mol. The highest BCUT2D eigenvalue weighted by molar-refractivity contribution is 5.97. The largest absolute Gasteiger partial charge is 0.399 e. The van der Waals surface area contributed by atoms with E-state index in [0.717, 1.165) is 16.8 Å². The zero-order valence-electron chi connectivity index (χ0n) is 17.3. The summed E-state index contributed by atoms with van der Waals surface area (Å²) in [6.45, 7) is 1.82. The molecule has 5 heteroatoms. The van der Waals surface area contributed by atoms with Crippen LogP contribution in [0.5, 0.6) is 0 Å². The number of benzene rings is 3. The van der Waals surface area contributed by atoms with Gasteiger partial charge < -0.3 is 20.8 Å². The molecule has 3 unspecified atom stereocenters. The van der Waals surface area contributed by atoms with Gasteiger partial charge >= 0.3 is 0 Å². The number of nitrogens with two attached hydrogens (primary N) is 1. The third-order valence-electron chi connectivity index (χ3n) is 5.70. The Hall–Kier alpha value is -3.41. The highest BCUT2D eigenvalue weighted by Crippen LogP contribution is 2.35. The number of rotatable bonds is 5. The predicted octanol–water partition coefficient (Wildman–Crippen LogP) is 4.08. The second-order valence-electron chi connectivity index (χ2n) is 7.90. The molecule has 0 spiro atoms. The van der Waals surface area contributed by atoms with Crippen LogP contribution < -0.4 is 10.6 Å². The molecule has 3 atom stereocenters. The quantitative estimate of drug-likeness (QED) is 0.548. The smallest absolute Gasteiger partial charge is 0.187 e. The van der Waals surface area contributed by atoms with Crippen molar-refractivity contribution in [1.29, 1.82) is 0 Å². The molecule has 158 valence electrons. The van der Waals surface area contributed by atoms with Crippen LogP contribution in [-0.2, 0) is 4.79 Å². The highest BCUT2D eigenvalue weighted by atomic mass is 16.3. The van der Waals surface area contributed by atoms with Crippen molar-refractivity contribution in [2.24, 2.45) is 0 Å². The van der Waals surface area contributed by atoms with Gasteiger partial charge in [0.2, 0.25) is 0 Å². The molecule has 3 aromatic carbocycles. The van der Waals surface area contributed by atoms with E-state index in [1.54, 1.807) is 18.2 Å². The van der Waals surface area contributed by atoms with Crippen molar-refractivity contribution < 1.29 is 15.0 Å². The van der Waals surface area contributed by atoms with Crippen molar-refractivity contribution in [3.8, 4) is 11.1 Å². The van der Waals surface area contributed by atoms with E-state index < -0.39 is 18.2 Å². The van der Waals surface area contributed by atoms with Gasteiger partial charge in [0, 0.05) is 29.6 Å². The molecule has 1 aliphatic rings. The lowest BCUT2D eigenvalue weighted by atomic mass is 9.94. The fourth-order valence-electron chi connectivity index (χ4n) is 4.07. The van der Waals surface area contributed by atoms with Crippen molar-refractivity contribution in [3.63, 3.8) is 0 Å². The zero-order chi connectivity index (χ0) is 22.0. The van der Waals surface area contributed by atoms with Crippen LogP contribution in [0.1, 0.15) is 25.0 Å². The standard InChI is InChI=1S/C26H26N2O3/c1-17-26(31)25(30)16-23(15-24(29)20-10-5-11-21(27)13-20)28(17)22-12-6-9-19(14-22)18-7-3-2-4-8-18/h2-14,16-17,24,26,29,31H,15,27H2,1H3. The predicted molar refractivity (Wildman–Crippen MR) is 123 cm³/mol. The summed E-state index contributed by atoms with van der Waals surface area (Å²) in [6.07, 6.45) is -0.296. The van der Waals surface area contributed by atoms with Gasteiger partial charge in [-0.1, -0.05) is 54.6 Å². The maximum absolute atomic E-state index is 12.4. The van der Waals surface area contributed by atoms with Crippen LogP contribution >= 0.6 is 0 Å².